The van der Waals surface area contributed by atoms with Gasteiger partial charge in [-0.25, -0.2) is 4.68 Å². The minimum Gasteiger partial charge on any atom is -0.327 e. The summed E-state index contributed by atoms with van der Waals surface area (Å²) in [6.45, 7) is 4.90. The van der Waals surface area contributed by atoms with Crippen LogP contribution >= 0.6 is 34.8 Å². The lowest BCUT2D eigenvalue weighted by molar-refractivity contribution is 0.662. The number of nitrogens with one attached hydrogen (secondary N) is 1. The van der Waals surface area contributed by atoms with Gasteiger partial charge in [-0.05, 0) is 72.9 Å². The van der Waals surface area contributed by atoms with Crippen LogP contribution in [-0.2, 0) is 6.54 Å². The fraction of sp³-hybridized carbons (Fsp3) is 0.231. The van der Waals surface area contributed by atoms with Crippen LogP contribution in [0, 0.1) is 15.3 Å². The Morgan fingerprint density at radius 1 is 1.32 bits per heavy atom. The van der Waals surface area contributed by atoms with Crippen molar-refractivity contribution >= 4 is 46.0 Å². The van der Waals surface area contributed by atoms with Crippen molar-refractivity contribution in [3.8, 4) is 5.69 Å². The number of imidazole rings is 1. The molecule has 1 N–H and O–H groups in total. The summed E-state index contributed by atoms with van der Waals surface area (Å²) in [5, 5.41) is 4.53. The van der Waals surface area contributed by atoms with Crippen LogP contribution in [-0.4, -0.2) is 19.3 Å². The zero-order valence-electron chi connectivity index (χ0n) is 10.6. The molecule has 0 saturated heterocycles. The van der Waals surface area contributed by atoms with Crippen molar-refractivity contribution in [3.05, 3.63) is 38.3 Å². The van der Waals surface area contributed by atoms with E-state index in [1.54, 1.807) is 0 Å². The maximum absolute atomic E-state index is 5.45. The zero-order chi connectivity index (χ0) is 13.6. The van der Waals surface area contributed by atoms with Crippen LogP contribution in [0.15, 0.2) is 24.3 Å². The summed E-state index contributed by atoms with van der Waals surface area (Å²) in [5.74, 6) is 0. The number of hydrogen-bond acceptors (Lipinski definition) is 2. The third-order valence-electron chi connectivity index (χ3n) is 3.13. The number of aromatic nitrogens is 4. The molecule has 0 bridgehead atoms. The molecule has 98 valence electrons. The molecule has 0 radical (unpaired) electrons. The molecular formula is C13H13IN4S. The largest absolute Gasteiger partial charge is 0.327 e. The SMILES string of the molecule is CCn1nc(C)c2[nH]c(=S)n(-c3ccc(I)cc3)c21. The van der Waals surface area contributed by atoms with Crippen LogP contribution in [0.1, 0.15) is 12.6 Å². The predicted octanol–water partition coefficient (Wildman–Crippen LogP) is 3.82. The van der Waals surface area contributed by atoms with Gasteiger partial charge in [0.1, 0.15) is 5.52 Å². The Kier molecular flexibility index (Phi) is 3.22. The standard InChI is InChI=1S/C13H13IN4S/c1-3-17-12-11(8(2)16-17)15-13(19)18(12)10-6-4-9(14)5-7-10/h4-7H,3H2,1-2H3,(H,15,19). The molecule has 3 aromatic rings. The third-order valence-corrected chi connectivity index (χ3v) is 4.14. The van der Waals surface area contributed by atoms with E-state index in [4.69, 9.17) is 12.2 Å². The van der Waals surface area contributed by atoms with Gasteiger partial charge >= 0.3 is 0 Å². The number of hydrogen-bond donors (Lipinski definition) is 1. The summed E-state index contributed by atoms with van der Waals surface area (Å²) in [4.78, 5) is 3.26. The minimum absolute atomic E-state index is 0.707. The highest BCUT2D eigenvalue weighted by molar-refractivity contribution is 14.1. The predicted molar refractivity (Wildman–Crippen MR) is 87.4 cm³/mol. The minimum atomic E-state index is 0.707. The molecule has 1 aromatic carbocycles. The van der Waals surface area contributed by atoms with Gasteiger partial charge in [0.2, 0.25) is 0 Å². The smallest absolute Gasteiger partial charge is 0.184 e. The fourth-order valence-electron chi connectivity index (χ4n) is 2.25. The fourth-order valence-corrected chi connectivity index (χ4v) is 2.91. The molecule has 0 fully saturated rings. The molecule has 3 rings (SSSR count). The first-order valence-corrected chi connectivity index (χ1v) is 7.54. The van der Waals surface area contributed by atoms with Crippen LogP contribution in [0.3, 0.4) is 0 Å². The number of fused-ring (bicyclic) bond motifs is 1. The van der Waals surface area contributed by atoms with Crippen molar-refractivity contribution < 1.29 is 0 Å². The van der Waals surface area contributed by atoms with Gasteiger partial charge in [0.05, 0.1) is 5.69 Å². The van der Waals surface area contributed by atoms with E-state index in [-0.39, 0.29) is 0 Å². The first-order valence-electron chi connectivity index (χ1n) is 6.06. The number of aryl methyl sites for hydroxylation is 2. The van der Waals surface area contributed by atoms with Gasteiger partial charge in [-0.3, -0.25) is 4.57 Å². The molecule has 6 heteroatoms. The van der Waals surface area contributed by atoms with E-state index in [2.05, 4.69) is 63.9 Å². The Hall–Kier alpha value is -1.15. The zero-order valence-corrected chi connectivity index (χ0v) is 13.6. The van der Waals surface area contributed by atoms with Gasteiger partial charge in [-0.2, -0.15) is 5.10 Å². The second-order valence-corrected chi connectivity index (χ2v) is 5.97. The van der Waals surface area contributed by atoms with Crippen LogP contribution in [0.25, 0.3) is 16.9 Å². The summed E-state index contributed by atoms with van der Waals surface area (Å²) in [6, 6.07) is 8.31. The quantitative estimate of drug-likeness (QED) is 0.539. The normalized spacial score (nSPS) is 11.3. The Morgan fingerprint density at radius 3 is 2.63 bits per heavy atom. The number of nitrogens with zero attached hydrogens (tertiary/aromatic N) is 3. The summed E-state index contributed by atoms with van der Waals surface area (Å²) >= 11 is 7.75. The van der Waals surface area contributed by atoms with Crippen LogP contribution in [0.5, 0.6) is 0 Å². The highest BCUT2D eigenvalue weighted by Crippen LogP contribution is 2.22. The first-order chi connectivity index (χ1) is 9.11. The first kappa shape index (κ1) is 12.9. The summed E-state index contributed by atoms with van der Waals surface area (Å²) in [7, 11) is 0. The van der Waals surface area contributed by atoms with E-state index < -0.39 is 0 Å². The molecule has 2 heterocycles. The monoisotopic (exact) mass is 384 g/mol. The van der Waals surface area contributed by atoms with Crippen molar-refractivity contribution in [1.82, 2.24) is 19.3 Å². The lowest BCUT2D eigenvalue weighted by Crippen LogP contribution is -2.03. The van der Waals surface area contributed by atoms with Crippen molar-refractivity contribution in [2.24, 2.45) is 0 Å². The number of aromatic amines is 1. The van der Waals surface area contributed by atoms with Gasteiger partial charge in [-0.15, -0.1) is 0 Å². The van der Waals surface area contributed by atoms with E-state index in [1.165, 1.54) is 3.57 Å². The van der Waals surface area contributed by atoms with Gasteiger partial charge in [0.25, 0.3) is 0 Å². The Balaban J connectivity index is 2.36. The molecule has 0 spiro atoms. The molecule has 4 nitrogen and oxygen atoms in total. The summed E-state index contributed by atoms with van der Waals surface area (Å²) in [5.41, 5.74) is 4.09. The van der Waals surface area contributed by atoms with Crippen LogP contribution < -0.4 is 0 Å². The molecular weight excluding hydrogens is 371 g/mol. The molecule has 0 amide bonds. The van der Waals surface area contributed by atoms with Crippen molar-refractivity contribution in [3.63, 3.8) is 0 Å². The molecule has 0 saturated carbocycles. The maximum atomic E-state index is 5.45. The molecule has 0 unspecified atom stereocenters. The lowest BCUT2D eigenvalue weighted by Gasteiger charge is -2.06. The molecule has 2 aromatic heterocycles. The molecule has 0 aliphatic carbocycles. The Labute approximate surface area is 129 Å². The highest BCUT2D eigenvalue weighted by atomic mass is 127. The van der Waals surface area contributed by atoms with Crippen LogP contribution in [0.2, 0.25) is 0 Å². The van der Waals surface area contributed by atoms with Crippen LogP contribution in [0.4, 0.5) is 0 Å². The number of H-pyrrole nitrogens is 1. The lowest BCUT2D eigenvalue weighted by atomic mass is 10.3. The number of benzene rings is 1. The second kappa shape index (κ2) is 4.75. The van der Waals surface area contributed by atoms with Gasteiger partial charge in [0, 0.05) is 15.8 Å². The van der Waals surface area contributed by atoms with Gasteiger partial charge in [0.15, 0.2) is 10.4 Å². The summed E-state index contributed by atoms with van der Waals surface area (Å²) in [6.07, 6.45) is 0. The van der Waals surface area contributed by atoms with Crippen molar-refractivity contribution in [2.45, 2.75) is 20.4 Å². The molecule has 0 atom stereocenters. The second-order valence-electron chi connectivity index (χ2n) is 4.34. The molecule has 0 aliphatic heterocycles. The van der Waals surface area contributed by atoms with E-state index in [1.807, 2.05) is 16.2 Å². The highest BCUT2D eigenvalue weighted by Gasteiger charge is 2.14. The summed E-state index contributed by atoms with van der Waals surface area (Å²) < 4.78 is 5.94. The average Bonchev–Trinajstić information content (AvgIpc) is 2.88. The van der Waals surface area contributed by atoms with E-state index in [9.17, 15) is 0 Å². The maximum Gasteiger partial charge on any atom is 0.184 e. The number of rotatable bonds is 2. The van der Waals surface area contributed by atoms with Crippen molar-refractivity contribution in [1.29, 1.82) is 0 Å². The molecule has 19 heavy (non-hydrogen) atoms. The van der Waals surface area contributed by atoms with Gasteiger partial charge in [-0.1, -0.05) is 0 Å². The third kappa shape index (κ3) is 2.02. The average molecular weight is 384 g/mol. The Bertz CT molecular complexity index is 795. The Morgan fingerprint density at radius 2 is 2.00 bits per heavy atom. The van der Waals surface area contributed by atoms with E-state index in [0.717, 1.165) is 29.1 Å². The van der Waals surface area contributed by atoms with Gasteiger partial charge < -0.3 is 4.98 Å². The van der Waals surface area contributed by atoms with Crippen molar-refractivity contribution in [2.75, 3.05) is 0 Å². The number of halogens is 1. The molecule has 0 aliphatic rings. The van der Waals surface area contributed by atoms with E-state index in [0.29, 0.717) is 4.77 Å². The topological polar surface area (TPSA) is 38.5 Å². The van der Waals surface area contributed by atoms with E-state index >= 15 is 0 Å².